The van der Waals surface area contributed by atoms with E-state index >= 15 is 0 Å². The molecule has 134 valence electrons. The number of nitrogens with one attached hydrogen (secondary N) is 2. The van der Waals surface area contributed by atoms with Crippen LogP contribution in [-0.4, -0.2) is 32.1 Å². The summed E-state index contributed by atoms with van der Waals surface area (Å²) in [5, 5.41) is 7.48. The molecule has 1 aliphatic carbocycles. The van der Waals surface area contributed by atoms with Crippen molar-refractivity contribution in [2.75, 3.05) is 26.2 Å². The van der Waals surface area contributed by atoms with Crippen molar-refractivity contribution in [3.05, 3.63) is 28.2 Å². The van der Waals surface area contributed by atoms with Crippen LogP contribution >= 0.6 is 35.6 Å². The lowest BCUT2D eigenvalue weighted by atomic mass is 9.92. The Morgan fingerprint density at radius 2 is 2.08 bits per heavy atom. The third-order valence-corrected chi connectivity index (χ3v) is 5.41. The fraction of sp³-hybridized carbons (Fsp3) is 0.588. The fourth-order valence-corrected chi connectivity index (χ4v) is 3.84. The molecule has 1 aromatic rings. The molecule has 4 nitrogen and oxygen atoms in total. The van der Waals surface area contributed by atoms with Crippen LogP contribution in [0.4, 0.5) is 0 Å². The molecule has 1 spiro atoms. The smallest absolute Gasteiger partial charge is 0.223 e. The Balaban J connectivity index is 0.00000208. The number of amides is 1. The van der Waals surface area contributed by atoms with E-state index in [1.54, 1.807) is 18.2 Å². The molecule has 3 rings (SSSR count). The van der Waals surface area contributed by atoms with E-state index in [9.17, 15) is 4.79 Å². The zero-order valence-electron chi connectivity index (χ0n) is 13.4. The Morgan fingerprint density at radius 3 is 2.79 bits per heavy atom. The van der Waals surface area contributed by atoms with Crippen LogP contribution in [0.1, 0.15) is 25.7 Å². The van der Waals surface area contributed by atoms with Gasteiger partial charge in [-0.25, -0.2) is 0 Å². The van der Waals surface area contributed by atoms with Gasteiger partial charge in [0.2, 0.25) is 5.91 Å². The summed E-state index contributed by atoms with van der Waals surface area (Å²) in [6.45, 7) is 3.23. The van der Waals surface area contributed by atoms with Crippen LogP contribution in [0.25, 0.3) is 0 Å². The molecule has 1 aromatic carbocycles. The number of carbonyl (C=O) groups is 1. The molecule has 1 saturated carbocycles. The largest absolute Gasteiger partial charge is 0.492 e. The van der Waals surface area contributed by atoms with E-state index in [1.807, 2.05) is 0 Å². The van der Waals surface area contributed by atoms with Gasteiger partial charge in [-0.3, -0.25) is 4.79 Å². The lowest BCUT2D eigenvalue weighted by Gasteiger charge is -2.23. The molecule has 24 heavy (non-hydrogen) atoms. The molecule has 2 aliphatic rings. The molecule has 7 heteroatoms. The zero-order chi connectivity index (χ0) is 16.3. The van der Waals surface area contributed by atoms with Crippen LogP contribution in [0.5, 0.6) is 5.75 Å². The van der Waals surface area contributed by atoms with Crippen molar-refractivity contribution in [2.24, 2.45) is 11.3 Å². The van der Waals surface area contributed by atoms with Gasteiger partial charge < -0.3 is 15.4 Å². The quantitative estimate of drug-likeness (QED) is 0.725. The standard InChI is InChI=1S/C17H22Cl2N2O2.ClH/c18-12-2-3-15(14(19)10-12)23-9-1-6-21-16(22)13-11-17(13)4-7-20-8-5-17;/h2-3,10,13,20H,1,4-9,11H2,(H,21,22);1H. The molecule has 0 aromatic heterocycles. The van der Waals surface area contributed by atoms with Crippen molar-refractivity contribution in [3.63, 3.8) is 0 Å². The molecule has 1 amide bonds. The maximum absolute atomic E-state index is 12.2. The predicted octanol–water partition coefficient (Wildman–Crippen LogP) is 3.69. The van der Waals surface area contributed by atoms with Crippen LogP contribution in [-0.2, 0) is 4.79 Å². The molecule has 2 fully saturated rings. The number of piperidine rings is 1. The Kier molecular flexibility index (Phi) is 7.05. The summed E-state index contributed by atoms with van der Waals surface area (Å²) in [4.78, 5) is 12.2. The molecule has 0 radical (unpaired) electrons. The van der Waals surface area contributed by atoms with Crippen molar-refractivity contribution in [1.82, 2.24) is 10.6 Å². The Labute approximate surface area is 159 Å². The molecule has 0 bridgehead atoms. The van der Waals surface area contributed by atoms with Gasteiger partial charge in [0, 0.05) is 17.5 Å². The first-order valence-corrected chi connectivity index (χ1v) is 8.93. The number of halogens is 3. The Hall–Kier alpha value is -0.680. The van der Waals surface area contributed by atoms with E-state index in [0.717, 1.165) is 38.8 Å². The second-order valence-corrected chi connectivity index (χ2v) is 7.28. The number of hydrogen-bond donors (Lipinski definition) is 2. The molecule has 1 heterocycles. The summed E-state index contributed by atoms with van der Waals surface area (Å²) in [6.07, 6.45) is 4.07. The van der Waals surface area contributed by atoms with Gasteiger partial charge in [0.25, 0.3) is 0 Å². The van der Waals surface area contributed by atoms with Gasteiger partial charge in [-0.05, 0) is 62.4 Å². The summed E-state index contributed by atoms with van der Waals surface area (Å²) in [5.41, 5.74) is 0.294. The summed E-state index contributed by atoms with van der Waals surface area (Å²) in [6, 6.07) is 5.16. The zero-order valence-corrected chi connectivity index (χ0v) is 15.8. The summed E-state index contributed by atoms with van der Waals surface area (Å²) < 4.78 is 5.61. The molecular weight excluding hydrogens is 371 g/mol. The van der Waals surface area contributed by atoms with Gasteiger partial charge >= 0.3 is 0 Å². The van der Waals surface area contributed by atoms with Crippen molar-refractivity contribution in [3.8, 4) is 5.75 Å². The minimum Gasteiger partial charge on any atom is -0.492 e. The van der Waals surface area contributed by atoms with Crippen LogP contribution in [0.15, 0.2) is 18.2 Å². The van der Waals surface area contributed by atoms with Gasteiger partial charge in [-0.2, -0.15) is 0 Å². The van der Waals surface area contributed by atoms with E-state index in [2.05, 4.69) is 10.6 Å². The van der Waals surface area contributed by atoms with E-state index < -0.39 is 0 Å². The van der Waals surface area contributed by atoms with Crippen LogP contribution in [0.2, 0.25) is 10.0 Å². The van der Waals surface area contributed by atoms with Gasteiger partial charge in [0.1, 0.15) is 5.75 Å². The first kappa shape index (κ1) is 19.6. The average molecular weight is 394 g/mol. The van der Waals surface area contributed by atoms with E-state index in [0.29, 0.717) is 34.4 Å². The second-order valence-electron chi connectivity index (χ2n) is 6.44. The number of rotatable bonds is 6. The minimum atomic E-state index is 0. The molecule has 2 N–H and O–H groups in total. The second kappa shape index (κ2) is 8.61. The van der Waals surface area contributed by atoms with Crippen molar-refractivity contribution in [1.29, 1.82) is 0 Å². The first-order chi connectivity index (χ1) is 11.1. The summed E-state index contributed by atoms with van der Waals surface area (Å²) in [7, 11) is 0. The third-order valence-electron chi connectivity index (χ3n) is 4.88. The van der Waals surface area contributed by atoms with Gasteiger partial charge in [0.15, 0.2) is 0 Å². The fourth-order valence-electron chi connectivity index (χ4n) is 3.38. The molecular formula is C17H23Cl3N2O2. The van der Waals surface area contributed by atoms with Crippen molar-refractivity contribution in [2.45, 2.75) is 25.7 Å². The highest BCUT2D eigenvalue weighted by molar-refractivity contribution is 6.35. The van der Waals surface area contributed by atoms with Crippen molar-refractivity contribution >= 4 is 41.5 Å². The van der Waals surface area contributed by atoms with Crippen LogP contribution < -0.4 is 15.4 Å². The van der Waals surface area contributed by atoms with Crippen LogP contribution in [0.3, 0.4) is 0 Å². The molecule has 1 aliphatic heterocycles. The maximum Gasteiger partial charge on any atom is 0.223 e. The maximum atomic E-state index is 12.2. The van der Waals surface area contributed by atoms with Gasteiger partial charge in [-0.15, -0.1) is 12.4 Å². The first-order valence-electron chi connectivity index (χ1n) is 8.17. The normalized spacial score (nSPS) is 21.0. The number of benzene rings is 1. The lowest BCUT2D eigenvalue weighted by molar-refractivity contribution is -0.123. The average Bonchev–Trinajstić information content (AvgIpc) is 3.22. The SMILES string of the molecule is Cl.O=C(NCCCOc1ccc(Cl)cc1Cl)C1CC12CCNCC2. The highest BCUT2D eigenvalue weighted by atomic mass is 35.5. The van der Waals surface area contributed by atoms with Gasteiger partial charge in [-0.1, -0.05) is 23.2 Å². The molecule has 1 unspecified atom stereocenters. The monoisotopic (exact) mass is 392 g/mol. The Bertz CT molecular complexity index is 577. The number of ether oxygens (including phenoxy) is 1. The molecule has 1 saturated heterocycles. The van der Waals surface area contributed by atoms with E-state index in [-0.39, 0.29) is 24.2 Å². The summed E-state index contributed by atoms with van der Waals surface area (Å²) in [5.74, 6) is 1.05. The van der Waals surface area contributed by atoms with E-state index in [4.69, 9.17) is 27.9 Å². The van der Waals surface area contributed by atoms with Crippen LogP contribution in [0, 0.1) is 11.3 Å². The highest BCUT2D eigenvalue weighted by Gasteiger charge is 2.57. The predicted molar refractivity (Wildman–Crippen MR) is 99.5 cm³/mol. The van der Waals surface area contributed by atoms with E-state index in [1.165, 1.54) is 0 Å². The minimum absolute atomic E-state index is 0. The van der Waals surface area contributed by atoms with Crippen molar-refractivity contribution < 1.29 is 9.53 Å². The summed E-state index contributed by atoms with van der Waals surface area (Å²) >= 11 is 11.9. The highest BCUT2D eigenvalue weighted by Crippen LogP contribution is 2.58. The van der Waals surface area contributed by atoms with Gasteiger partial charge in [0.05, 0.1) is 11.6 Å². The third kappa shape index (κ3) is 4.69. The topological polar surface area (TPSA) is 50.4 Å². The number of carbonyl (C=O) groups excluding carboxylic acids is 1. The lowest BCUT2D eigenvalue weighted by Crippen LogP contribution is -2.34. The number of hydrogen-bond acceptors (Lipinski definition) is 3. The molecule has 1 atom stereocenters. The Morgan fingerprint density at radius 1 is 1.33 bits per heavy atom.